The van der Waals surface area contributed by atoms with Crippen molar-refractivity contribution in [3.8, 4) is 5.75 Å². The zero-order chi connectivity index (χ0) is 20.6. The number of methoxy groups -OCH3 is 1. The van der Waals surface area contributed by atoms with Gasteiger partial charge >= 0.3 is 5.97 Å². The average molecular weight is 394 g/mol. The number of aliphatic imine (C=N–C) groups is 1. The van der Waals surface area contributed by atoms with E-state index in [1.165, 1.54) is 0 Å². The number of nitrogens with one attached hydrogen (secondary N) is 2. The summed E-state index contributed by atoms with van der Waals surface area (Å²) >= 11 is 0. The topological polar surface area (TPSA) is 81.2 Å². The largest absolute Gasteiger partial charge is 0.493 e. The van der Waals surface area contributed by atoms with Crippen LogP contribution in [0.2, 0.25) is 0 Å². The molecular weight excluding hydrogens is 358 g/mol. The third kappa shape index (κ3) is 10.2. The Morgan fingerprint density at radius 1 is 1.14 bits per heavy atom. The van der Waals surface area contributed by atoms with Gasteiger partial charge in [-0.25, -0.2) is 4.99 Å². The minimum atomic E-state index is -0.166. The van der Waals surface area contributed by atoms with Crippen molar-refractivity contribution < 1.29 is 19.0 Å². The van der Waals surface area contributed by atoms with E-state index in [9.17, 15) is 4.79 Å². The van der Waals surface area contributed by atoms with Crippen LogP contribution in [0, 0.1) is 6.92 Å². The summed E-state index contributed by atoms with van der Waals surface area (Å²) in [6, 6.07) is 6.15. The van der Waals surface area contributed by atoms with Gasteiger partial charge in [-0.1, -0.05) is 12.1 Å². The van der Waals surface area contributed by atoms with E-state index in [0.717, 1.165) is 35.8 Å². The number of aryl methyl sites for hydroxylation is 1. The number of rotatable bonds is 13. The van der Waals surface area contributed by atoms with Gasteiger partial charge in [0.15, 0.2) is 5.96 Å². The van der Waals surface area contributed by atoms with E-state index in [2.05, 4.69) is 27.8 Å². The normalized spacial score (nSPS) is 11.2. The van der Waals surface area contributed by atoms with Crippen molar-refractivity contribution in [2.75, 3.05) is 40.0 Å². The second-order valence-corrected chi connectivity index (χ2v) is 6.34. The van der Waals surface area contributed by atoms with Crippen LogP contribution in [0.15, 0.2) is 23.2 Å². The molecule has 0 aliphatic rings. The monoisotopic (exact) mass is 393 g/mol. The maximum absolute atomic E-state index is 11.4. The highest BCUT2D eigenvalue weighted by molar-refractivity contribution is 5.79. The van der Waals surface area contributed by atoms with Gasteiger partial charge in [0.1, 0.15) is 5.75 Å². The molecule has 1 aromatic rings. The Morgan fingerprint density at radius 3 is 2.68 bits per heavy atom. The minimum Gasteiger partial charge on any atom is -0.493 e. The van der Waals surface area contributed by atoms with E-state index in [1.54, 1.807) is 7.11 Å². The van der Waals surface area contributed by atoms with E-state index in [4.69, 9.17) is 14.2 Å². The van der Waals surface area contributed by atoms with Crippen LogP contribution in [0.4, 0.5) is 0 Å². The molecule has 0 aliphatic carbocycles. The third-order valence-electron chi connectivity index (χ3n) is 3.88. The first-order valence-corrected chi connectivity index (χ1v) is 9.99. The summed E-state index contributed by atoms with van der Waals surface area (Å²) in [6.45, 7) is 9.51. The van der Waals surface area contributed by atoms with Crippen LogP contribution < -0.4 is 15.4 Å². The number of guanidine groups is 1. The predicted octanol–water partition coefficient (Wildman–Crippen LogP) is 2.81. The highest BCUT2D eigenvalue weighted by Gasteiger charge is 2.06. The van der Waals surface area contributed by atoms with Gasteiger partial charge in [0.05, 0.1) is 19.8 Å². The third-order valence-corrected chi connectivity index (χ3v) is 3.88. The SMILES string of the molecule is CCNC(=NCc1ccc(C)cc1OCCCOC)NCCCC(=O)OCC. The molecule has 0 heterocycles. The maximum Gasteiger partial charge on any atom is 0.305 e. The molecule has 7 nitrogen and oxygen atoms in total. The minimum absolute atomic E-state index is 0.166. The number of carbonyl (C=O) groups excluding carboxylic acids is 1. The van der Waals surface area contributed by atoms with Crippen LogP contribution in [-0.2, 0) is 20.8 Å². The fraction of sp³-hybridized carbons (Fsp3) is 0.619. The number of benzene rings is 1. The summed E-state index contributed by atoms with van der Waals surface area (Å²) < 4.78 is 15.9. The van der Waals surface area contributed by atoms with E-state index in [-0.39, 0.29) is 5.97 Å². The standard InChI is InChI=1S/C21H35N3O4/c1-5-22-21(23-12-7-9-20(25)27-6-2)24-16-18-11-10-17(3)15-19(18)28-14-8-13-26-4/h10-11,15H,5-9,12-14,16H2,1-4H3,(H2,22,23,24). The Morgan fingerprint density at radius 2 is 1.96 bits per heavy atom. The van der Waals surface area contributed by atoms with Gasteiger partial charge < -0.3 is 24.8 Å². The smallest absolute Gasteiger partial charge is 0.305 e. The van der Waals surface area contributed by atoms with Crippen molar-refractivity contribution in [1.29, 1.82) is 0 Å². The molecule has 28 heavy (non-hydrogen) atoms. The molecule has 0 unspecified atom stereocenters. The van der Waals surface area contributed by atoms with Crippen molar-refractivity contribution in [2.24, 2.45) is 4.99 Å². The summed E-state index contributed by atoms with van der Waals surface area (Å²) in [4.78, 5) is 16.0. The second-order valence-electron chi connectivity index (χ2n) is 6.34. The molecule has 0 bridgehead atoms. The van der Waals surface area contributed by atoms with Crippen molar-refractivity contribution in [2.45, 2.75) is 46.6 Å². The summed E-state index contributed by atoms with van der Waals surface area (Å²) in [5.41, 5.74) is 2.19. The Bertz CT molecular complexity index is 605. The average Bonchev–Trinajstić information content (AvgIpc) is 2.68. The van der Waals surface area contributed by atoms with Gasteiger partial charge in [-0.05, 0) is 38.8 Å². The lowest BCUT2D eigenvalue weighted by molar-refractivity contribution is -0.143. The molecule has 0 fully saturated rings. The van der Waals surface area contributed by atoms with Crippen molar-refractivity contribution in [3.05, 3.63) is 29.3 Å². The van der Waals surface area contributed by atoms with Crippen LogP contribution in [0.3, 0.4) is 0 Å². The Balaban J connectivity index is 2.61. The number of carbonyl (C=O) groups is 1. The molecule has 1 rings (SSSR count). The molecular formula is C21H35N3O4. The number of hydrogen-bond acceptors (Lipinski definition) is 5. The summed E-state index contributed by atoms with van der Waals surface area (Å²) in [7, 11) is 1.69. The molecule has 1 aromatic carbocycles. The van der Waals surface area contributed by atoms with Crippen molar-refractivity contribution >= 4 is 11.9 Å². The molecule has 0 aromatic heterocycles. The summed E-state index contributed by atoms with van der Waals surface area (Å²) in [5, 5.41) is 6.48. The molecule has 2 N–H and O–H groups in total. The first-order chi connectivity index (χ1) is 13.6. The number of nitrogens with zero attached hydrogens (tertiary/aromatic N) is 1. The van der Waals surface area contributed by atoms with Gasteiger partial charge in [0.2, 0.25) is 0 Å². The van der Waals surface area contributed by atoms with Crippen LogP contribution in [0.5, 0.6) is 5.75 Å². The quantitative estimate of drug-likeness (QED) is 0.232. The molecule has 0 saturated carbocycles. The molecule has 7 heteroatoms. The van der Waals surface area contributed by atoms with E-state index in [0.29, 0.717) is 45.8 Å². The number of hydrogen-bond donors (Lipinski definition) is 2. The van der Waals surface area contributed by atoms with Gasteiger partial charge in [0.25, 0.3) is 0 Å². The lowest BCUT2D eigenvalue weighted by atomic mass is 10.1. The fourth-order valence-corrected chi connectivity index (χ4v) is 2.49. The predicted molar refractivity (Wildman–Crippen MR) is 112 cm³/mol. The van der Waals surface area contributed by atoms with Crippen LogP contribution in [0.1, 0.15) is 44.2 Å². The van der Waals surface area contributed by atoms with E-state index in [1.807, 2.05) is 26.8 Å². The molecule has 0 saturated heterocycles. The lowest BCUT2D eigenvalue weighted by Crippen LogP contribution is -2.37. The summed E-state index contributed by atoms with van der Waals surface area (Å²) in [6.07, 6.45) is 1.94. The molecule has 0 spiro atoms. The second kappa shape index (κ2) is 14.7. The Hall–Kier alpha value is -2.28. The lowest BCUT2D eigenvalue weighted by Gasteiger charge is -2.13. The molecule has 0 radical (unpaired) electrons. The van der Waals surface area contributed by atoms with Gasteiger partial charge in [-0.3, -0.25) is 4.79 Å². The first kappa shape index (κ1) is 23.8. The van der Waals surface area contributed by atoms with Crippen LogP contribution in [0.25, 0.3) is 0 Å². The van der Waals surface area contributed by atoms with Gasteiger partial charge in [-0.2, -0.15) is 0 Å². The van der Waals surface area contributed by atoms with E-state index < -0.39 is 0 Å². The van der Waals surface area contributed by atoms with E-state index >= 15 is 0 Å². The fourth-order valence-electron chi connectivity index (χ4n) is 2.49. The van der Waals surface area contributed by atoms with Crippen LogP contribution in [-0.4, -0.2) is 51.9 Å². The van der Waals surface area contributed by atoms with Gasteiger partial charge in [-0.15, -0.1) is 0 Å². The number of ether oxygens (including phenoxy) is 3. The zero-order valence-corrected chi connectivity index (χ0v) is 17.7. The highest BCUT2D eigenvalue weighted by atomic mass is 16.5. The maximum atomic E-state index is 11.4. The zero-order valence-electron chi connectivity index (χ0n) is 17.7. The first-order valence-electron chi connectivity index (χ1n) is 9.99. The van der Waals surface area contributed by atoms with Crippen molar-refractivity contribution in [3.63, 3.8) is 0 Å². The molecule has 0 amide bonds. The molecule has 158 valence electrons. The molecule has 0 atom stereocenters. The van der Waals surface area contributed by atoms with Gasteiger partial charge in [0, 0.05) is 45.2 Å². The highest BCUT2D eigenvalue weighted by Crippen LogP contribution is 2.21. The number of esters is 1. The summed E-state index contributed by atoms with van der Waals surface area (Å²) in [5.74, 6) is 1.41. The Kier molecular flexibility index (Phi) is 12.5. The van der Waals surface area contributed by atoms with Crippen molar-refractivity contribution in [1.82, 2.24) is 10.6 Å². The van der Waals surface area contributed by atoms with Crippen LogP contribution >= 0.6 is 0 Å². The Labute approximate surface area is 168 Å². The molecule has 0 aliphatic heterocycles.